The average Bonchev–Trinajstić information content (AvgIpc) is 3.17. The SMILES string of the molecule is C=CCOc1ccccc1CNC(=NC)NCc1ccc(S(=O)(=O)N(C)C)s1.I. The van der Waals surface area contributed by atoms with Gasteiger partial charge in [0.15, 0.2) is 5.96 Å². The van der Waals surface area contributed by atoms with Crippen molar-refractivity contribution in [3.8, 4) is 5.75 Å². The molecule has 0 saturated heterocycles. The lowest BCUT2D eigenvalue weighted by molar-refractivity contribution is 0.358. The van der Waals surface area contributed by atoms with Gasteiger partial charge in [-0.1, -0.05) is 30.9 Å². The first-order valence-corrected chi connectivity index (χ1v) is 10.9. The summed E-state index contributed by atoms with van der Waals surface area (Å²) in [5.41, 5.74) is 1.00. The van der Waals surface area contributed by atoms with E-state index in [9.17, 15) is 8.42 Å². The fraction of sp³-hybridized carbons (Fsp3) is 0.316. The molecule has 29 heavy (non-hydrogen) atoms. The van der Waals surface area contributed by atoms with Crippen LogP contribution in [0.1, 0.15) is 10.4 Å². The van der Waals surface area contributed by atoms with Gasteiger partial charge in [-0.2, -0.15) is 0 Å². The molecule has 0 atom stereocenters. The standard InChI is InChI=1S/C19H26N4O3S2.HI/c1-5-12-26-17-9-7-6-8-15(17)13-21-19(20-2)22-14-16-10-11-18(27-16)28(24,25)23(3)4;/h5-11H,1,12-14H2,2-4H3,(H2,20,21,22);1H. The number of nitrogens with one attached hydrogen (secondary N) is 2. The van der Waals surface area contributed by atoms with Crippen molar-refractivity contribution in [2.24, 2.45) is 4.99 Å². The predicted octanol–water partition coefficient (Wildman–Crippen LogP) is 3.05. The lowest BCUT2D eigenvalue weighted by Crippen LogP contribution is -2.36. The third kappa shape index (κ3) is 7.28. The first kappa shape index (κ1) is 25.4. The molecule has 0 spiro atoms. The largest absolute Gasteiger partial charge is 0.489 e. The van der Waals surface area contributed by atoms with E-state index in [1.165, 1.54) is 29.7 Å². The van der Waals surface area contributed by atoms with E-state index in [4.69, 9.17) is 4.74 Å². The summed E-state index contributed by atoms with van der Waals surface area (Å²) in [4.78, 5) is 5.11. The minimum atomic E-state index is -3.40. The summed E-state index contributed by atoms with van der Waals surface area (Å²) in [7, 11) is 1.33. The minimum absolute atomic E-state index is 0. The summed E-state index contributed by atoms with van der Waals surface area (Å²) in [5.74, 6) is 1.41. The summed E-state index contributed by atoms with van der Waals surface area (Å²) in [6.07, 6.45) is 1.70. The van der Waals surface area contributed by atoms with E-state index in [0.717, 1.165) is 16.2 Å². The number of halogens is 1. The second-order valence-electron chi connectivity index (χ2n) is 5.99. The summed E-state index contributed by atoms with van der Waals surface area (Å²) in [5, 5.41) is 6.44. The Morgan fingerprint density at radius 2 is 1.90 bits per heavy atom. The van der Waals surface area contributed by atoms with Crippen LogP contribution in [0.25, 0.3) is 0 Å². The highest BCUT2D eigenvalue weighted by Gasteiger charge is 2.19. The van der Waals surface area contributed by atoms with Gasteiger partial charge in [0.2, 0.25) is 0 Å². The van der Waals surface area contributed by atoms with Gasteiger partial charge >= 0.3 is 0 Å². The van der Waals surface area contributed by atoms with Crippen molar-refractivity contribution < 1.29 is 13.2 Å². The van der Waals surface area contributed by atoms with Crippen LogP contribution < -0.4 is 15.4 Å². The molecule has 0 saturated carbocycles. The van der Waals surface area contributed by atoms with E-state index in [1.807, 2.05) is 24.3 Å². The molecule has 0 unspecified atom stereocenters. The van der Waals surface area contributed by atoms with Crippen molar-refractivity contribution in [2.75, 3.05) is 27.7 Å². The number of sulfonamides is 1. The molecule has 0 aliphatic carbocycles. The van der Waals surface area contributed by atoms with E-state index >= 15 is 0 Å². The molecule has 1 aromatic carbocycles. The fourth-order valence-electron chi connectivity index (χ4n) is 2.28. The van der Waals surface area contributed by atoms with Crippen LogP contribution in [0.2, 0.25) is 0 Å². The van der Waals surface area contributed by atoms with Gasteiger partial charge in [-0.05, 0) is 18.2 Å². The molecule has 1 heterocycles. The predicted molar refractivity (Wildman–Crippen MR) is 130 cm³/mol. The van der Waals surface area contributed by atoms with Crippen LogP contribution in [0.15, 0.2) is 58.3 Å². The van der Waals surface area contributed by atoms with Crippen LogP contribution in [-0.4, -0.2) is 46.4 Å². The fourth-order valence-corrected chi connectivity index (χ4v) is 4.75. The van der Waals surface area contributed by atoms with Gasteiger partial charge < -0.3 is 15.4 Å². The third-order valence-electron chi connectivity index (χ3n) is 3.80. The van der Waals surface area contributed by atoms with E-state index in [2.05, 4.69) is 22.2 Å². The van der Waals surface area contributed by atoms with E-state index < -0.39 is 10.0 Å². The molecule has 1 aromatic heterocycles. The normalized spacial score (nSPS) is 11.7. The second-order valence-corrected chi connectivity index (χ2v) is 9.54. The van der Waals surface area contributed by atoms with Gasteiger partial charge in [0.05, 0.1) is 6.54 Å². The smallest absolute Gasteiger partial charge is 0.252 e. The van der Waals surface area contributed by atoms with Gasteiger partial charge in [-0.3, -0.25) is 4.99 Å². The topological polar surface area (TPSA) is 83.0 Å². The summed E-state index contributed by atoms with van der Waals surface area (Å²) >= 11 is 1.24. The van der Waals surface area contributed by atoms with Crippen molar-refractivity contribution >= 4 is 51.3 Å². The van der Waals surface area contributed by atoms with Crippen LogP contribution in [0.4, 0.5) is 0 Å². The van der Waals surface area contributed by atoms with Gasteiger partial charge in [0.1, 0.15) is 16.6 Å². The first-order chi connectivity index (χ1) is 13.4. The summed E-state index contributed by atoms with van der Waals surface area (Å²) in [6, 6.07) is 11.2. The molecule has 2 rings (SSSR count). The van der Waals surface area contributed by atoms with Crippen LogP contribution in [0.3, 0.4) is 0 Å². The quantitative estimate of drug-likeness (QED) is 0.217. The molecule has 0 amide bonds. The molecule has 0 aliphatic heterocycles. The number of nitrogens with zero attached hydrogens (tertiary/aromatic N) is 2. The molecule has 0 bridgehead atoms. The number of aliphatic imine (C=N–C) groups is 1. The molecule has 7 nitrogen and oxygen atoms in total. The maximum atomic E-state index is 12.2. The number of thiophene rings is 1. The maximum absolute atomic E-state index is 12.2. The van der Waals surface area contributed by atoms with Gasteiger partial charge in [-0.15, -0.1) is 35.3 Å². The highest BCUT2D eigenvalue weighted by molar-refractivity contribution is 14.0. The van der Waals surface area contributed by atoms with Crippen molar-refractivity contribution in [1.29, 1.82) is 0 Å². The van der Waals surface area contributed by atoms with Crippen LogP contribution >= 0.6 is 35.3 Å². The Balaban J connectivity index is 0.00000420. The molecular weight excluding hydrogens is 523 g/mol. The molecule has 2 aromatic rings. The van der Waals surface area contributed by atoms with Crippen LogP contribution in [-0.2, 0) is 23.1 Å². The zero-order valence-electron chi connectivity index (χ0n) is 16.7. The van der Waals surface area contributed by atoms with Crippen LogP contribution in [0, 0.1) is 0 Å². The number of guanidine groups is 1. The lowest BCUT2D eigenvalue weighted by Gasteiger charge is -2.14. The third-order valence-corrected chi connectivity index (χ3v) is 7.17. The Bertz CT molecular complexity index is 927. The zero-order chi connectivity index (χ0) is 20.6. The van der Waals surface area contributed by atoms with E-state index in [0.29, 0.717) is 29.9 Å². The summed E-state index contributed by atoms with van der Waals surface area (Å²) < 4.78 is 31.5. The van der Waals surface area contributed by atoms with Crippen LogP contribution in [0.5, 0.6) is 5.75 Å². The Morgan fingerprint density at radius 1 is 1.21 bits per heavy atom. The Hall–Kier alpha value is -1.63. The second kappa shape index (κ2) is 12.2. The number of para-hydroxylation sites is 1. The van der Waals surface area contributed by atoms with E-state index in [-0.39, 0.29) is 24.0 Å². The molecular formula is C19H27IN4O3S2. The lowest BCUT2D eigenvalue weighted by atomic mass is 10.2. The highest BCUT2D eigenvalue weighted by Crippen LogP contribution is 2.23. The molecule has 10 heteroatoms. The first-order valence-electron chi connectivity index (χ1n) is 8.66. The van der Waals surface area contributed by atoms with Crippen molar-refractivity contribution in [3.63, 3.8) is 0 Å². The number of ether oxygens (including phenoxy) is 1. The van der Waals surface area contributed by atoms with Crippen molar-refractivity contribution in [1.82, 2.24) is 14.9 Å². The molecule has 2 N–H and O–H groups in total. The molecule has 0 fully saturated rings. The van der Waals surface area contributed by atoms with Gasteiger partial charge in [-0.25, -0.2) is 12.7 Å². The van der Waals surface area contributed by atoms with Gasteiger partial charge in [0, 0.05) is 38.1 Å². The highest BCUT2D eigenvalue weighted by atomic mass is 127. The molecule has 160 valence electrons. The number of hydrogen-bond acceptors (Lipinski definition) is 5. The molecule has 0 radical (unpaired) electrons. The van der Waals surface area contributed by atoms with Gasteiger partial charge in [0.25, 0.3) is 10.0 Å². The molecule has 0 aliphatic rings. The van der Waals surface area contributed by atoms with Crippen molar-refractivity contribution in [2.45, 2.75) is 17.3 Å². The summed E-state index contributed by atoms with van der Waals surface area (Å²) in [6.45, 7) is 5.12. The van der Waals surface area contributed by atoms with Crippen molar-refractivity contribution in [3.05, 3.63) is 59.5 Å². The number of hydrogen-bond donors (Lipinski definition) is 2. The van der Waals surface area contributed by atoms with E-state index in [1.54, 1.807) is 25.3 Å². The Labute approximate surface area is 193 Å². The minimum Gasteiger partial charge on any atom is -0.489 e. The Kier molecular flexibility index (Phi) is 10.6. The maximum Gasteiger partial charge on any atom is 0.252 e. The number of benzene rings is 1. The Morgan fingerprint density at radius 3 is 2.55 bits per heavy atom. The number of rotatable bonds is 9. The average molecular weight is 550 g/mol. The monoisotopic (exact) mass is 550 g/mol. The zero-order valence-corrected chi connectivity index (χ0v) is 20.7.